The summed E-state index contributed by atoms with van der Waals surface area (Å²) >= 11 is 1.76. The lowest BCUT2D eigenvalue weighted by Crippen LogP contribution is -2.08. The van der Waals surface area contributed by atoms with E-state index in [9.17, 15) is 4.79 Å². The minimum atomic E-state index is 0.195. The molecular weight excluding hydrogens is 196 g/mol. The molecule has 76 valence electrons. The monoisotopic (exact) mass is 210 g/mol. The predicted octanol–water partition coefficient (Wildman–Crippen LogP) is 2.32. The van der Waals surface area contributed by atoms with Crippen molar-refractivity contribution in [2.24, 2.45) is 0 Å². The first-order valence-electron chi connectivity index (χ1n) is 4.42. The van der Waals surface area contributed by atoms with E-state index in [1.807, 2.05) is 0 Å². The number of aromatic nitrogens is 2. The van der Waals surface area contributed by atoms with Gasteiger partial charge in [-0.15, -0.1) is 11.8 Å². The summed E-state index contributed by atoms with van der Waals surface area (Å²) in [6, 6.07) is 1.61. The number of thioether (sulfide) groups is 1. The van der Waals surface area contributed by atoms with Crippen LogP contribution in [-0.4, -0.2) is 21.0 Å². The second-order valence-corrected chi connectivity index (χ2v) is 5.72. The molecule has 1 aromatic heterocycles. The molecule has 3 nitrogen and oxygen atoms in total. The standard InChI is InChI=1S/C10H14N2OS/c1-10(2,3)14-7-9-11-5-4-8(6-13)12-9/h4-6H,7H2,1-3H3. The third kappa shape index (κ3) is 3.87. The van der Waals surface area contributed by atoms with Crippen LogP contribution >= 0.6 is 11.8 Å². The van der Waals surface area contributed by atoms with Crippen molar-refractivity contribution in [2.75, 3.05) is 0 Å². The highest BCUT2D eigenvalue weighted by atomic mass is 32.2. The van der Waals surface area contributed by atoms with Crippen LogP contribution in [0.1, 0.15) is 37.1 Å². The Balaban J connectivity index is 2.63. The number of carbonyl (C=O) groups excluding carboxylic acids is 1. The van der Waals surface area contributed by atoms with Crippen LogP contribution in [0.25, 0.3) is 0 Å². The summed E-state index contributed by atoms with van der Waals surface area (Å²) < 4.78 is 0.195. The molecule has 4 heteroatoms. The van der Waals surface area contributed by atoms with E-state index in [-0.39, 0.29) is 4.75 Å². The summed E-state index contributed by atoms with van der Waals surface area (Å²) in [6.45, 7) is 6.42. The van der Waals surface area contributed by atoms with Gasteiger partial charge in [-0.1, -0.05) is 20.8 Å². The summed E-state index contributed by atoms with van der Waals surface area (Å²) in [5.41, 5.74) is 0.449. The van der Waals surface area contributed by atoms with Gasteiger partial charge in [-0.3, -0.25) is 4.79 Å². The minimum absolute atomic E-state index is 0.195. The summed E-state index contributed by atoms with van der Waals surface area (Å²) in [5, 5.41) is 0. The topological polar surface area (TPSA) is 42.9 Å². The first kappa shape index (κ1) is 11.2. The molecule has 0 radical (unpaired) electrons. The quantitative estimate of drug-likeness (QED) is 0.718. The van der Waals surface area contributed by atoms with Crippen molar-refractivity contribution in [2.45, 2.75) is 31.3 Å². The Hall–Kier alpha value is -0.900. The van der Waals surface area contributed by atoms with Crippen LogP contribution in [0.2, 0.25) is 0 Å². The highest BCUT2D eigenvalue weighted by molar-refractivity contribution is 7.99. The van der Waals surface area contributed by atoms with Crippen molar-refractivity contribution in [3.8, 4) is 0 Å². The normalized spacial score (nSPS) is 11.4. The van der Waals surface area contributed by atoms with Crippen molar-refractivity contribution in [3.63, 3.8) is 0 Å². The first-order valence-corrected chi connectivity index (χ1v) is 5.41. The fourth-order valence-corrected chi connectivity index (χ4v) is 1.53. The van der Waals surface area contributed by atoms with Gasteiger partial charge in [0.05, 0.1) is 5.75 Å². The van der Waals surface area contributed by atoms with Gasteiger partial charge in [-0.05, 0) is 6.07 Å². The summed E-state index contributed by atoms with van der Waals surface area (Å²) in [4.78, 5) is 18.7. The zero-order valence-corrected chi connectivity index (χ0v) is 9.47. The van der Waals surface area contributed by atoms with E-state index < -0.39 is 0 Å². The van der Waals surface area contributed by atoms with Crippen molar-refractivity contribution < 1.29 is 4.79 Å². The molecule has 0 saturated heterocycles. The number of hydrogen-bond donors (Lipinski definition) is 0. The molecule has 0 aliphatic rings. The molecule has 0 aliphatic heterocycles. The largest absolute Gasteiger partial charge is 0.296 e. The zero-order valence-electron chi connectivity index (χ0n) is 8.65. The van der Waals surface area contributed by atoms with Gasteiger partial charge >= 0.3 is 0 Å². The fourth-order valence-electron chi connectivity index (χ4n) is 0.831. The third-order valence-electron chi connectivity index (χ3n) is 1.48. The van der Waals surface area contributed by atoms with Gasteiger partial charge in [0.25, 0.3) is 0 Å². The molecule has 1 aromatic rings. The molecular formula is C10H14N2OS. The van der Waals surface area contributed by atoms with Crippen LogP contribution in [0, 0.1) is 0 Å². The lowest BCUT2D eigenvalue weighted by atomic mass is 10.3. The Kier molecular flexibility index (Phi) is 3.63. The van der Waals surface area contributed by atoms with E-state index in [1.54, 1.807) is 24.0 Å². The second kappa shape index (κ2) is 4.55. The smallest absolute Gasteiger partial charge is 0.168 e. The number of carbonyl (C=O) groups is 1. The van der Waals surface area contributed by atoms with Crippen LogP contribution in [0.3, 0.4) is 0 Å². The minimum Gasteiger partial charge on any atom is -0.296 e. The van der Waals surface area contributed by atoms with Gasteiger partial charge in [0.2, 0.25) is 0 Å². The van der Waals surface area contributed by atoms with Gasteiger partial charge < -0.3 is 0 Å². The number of hydrogen-bond acceptors (Lipinski definition) is 4. The molecule has 0 atom stereocenters. The maximum Gasteiger partial charge on any atom is 0.168 e. The van der Waals surface area contributed by atoms with E-state index in [4.69, 9.17) is 0 Å². The van der Waals surface area contributed by atoms with Crippen LogP contribution in [0.4, 0.5) is 0 Å². The second-order valence-electron chi connectivity index (χ2n) is 3.92. The number of nitrogens with zero attached hydrogens (tertiary/aromatic N) is 2. The lowest BCUT2D eigenvalue weighted by molar-refractivity contribution is 0.111. The molecule has 0 saturated carbocycles. The Morgan fingerprint density at radius 2 is 2.21 bits per heavy atom. The van der Waals surface area contributed by atoms with Gasteiger partial charge in [-0.2, -0.15) is 0 Å². The van der Waals surface area contributed by atoms with E-state index in [0.717, 1.165) is 17.9 Å². The molecule has 0 amide bonds. The van der Waals surface area contributed by atoms with Crippen LogP contribution in [0.5, 0.6) is 0 Å². The predicted molar refractivity (Wildman–Crippen MR) is 58.5 cm³/mol. The van der Waals surface area contributed by atoms with Crippen LogP contribution in [0.15, 0.2) is 12.3 Å². The molecule has 0 N–H and O–H groups in total. The van der Waals surface area contributed by atoms with Gasteiger partial charge in [0.15, 0.2) is 6.29 Å². The SMILES string of the molecule is CC(C)(C)SCc1nccc(C=O)n1. The molecule has 1 heterocycles. The van der Waals surface area contributed by atoms with E-state index in [1.165, 1.54) is 0 Å². The maximum absolute atomic E-state index is 10.5. The van der Waals surface area contributed by atoms with Crippen molar-refractivity contribution >= 4 is 18.0 Å². The molecule has 0 spiro atoms. The molecule has 0 unspecified atom stereocenters. The van der Waals surface area contributed by atoms with E-state index in [0.29, 0.717) is 5.69 Å². The fraction of sp³-hybridized carbons (Fsp3) is 0.500. The maximum atomic E-state index is 10.5. The summed E-state index contributed by atoms with van der Waals surface area (Å²) in [5.74, 6) is 1.46. The van der Waals surface area contributed by atoms with E-state index >= 15 is 0 Å². The van der Waals surface area contributed by atoms with Gasteiger partial charge in [-0.25, -0.2) is 9.97 Å². The Morgan fingerprint density at radius 3 is 2.79 bits per heavy atom. The average Bonchev–Trinajstić information content (AvgIpc) is 2.14. The highest BCUT2D eigenvalue weighted by Gasteiger charge is 2.11. The summed E-state index contributed by atoms with van der Waals surface area (Å²) in [6.07, 6.45) is 2.36. The first-order chi connectivity index (χ1) is 6.51. The van der Waals surface area contributed by atoms with E-state index in [2.05, 4.69) is 30.7 Å². The third-order valence-corrected chi connectivity index (χ3v) is 2.75. The van der Waals surface area contributed by atoms with Crippen LogP contribution < -0.4 is 0 Å². The Labute approximate surface area is 88.3 Å². The average molecular weight is 210 g/mol. The van der Waals surface area contributed by atoms with Crippen molar-refractivity contribution in [1.29, 1.82) is 0 Å². The molecule has 1 rings (SSSR count). The zero-order chi connectivity index (χ0) is 10.6. The molecule has 0 fully saturated rings. The van der Waals surface area contributed by atoms with Crippen molar-refractivity contribution in [1.82, 2.24) is 9.97 Å². The molecule has 0 bridgehead atoms. The number of rotatable bonds is 3. The molecule has 14 heavy (non-hydrogen) atoms. The Bertz CT molecular complexity index is 320. The highest BCUT2D eigenvalue weighted by Crippen LogP contribution is 2.25. The molecule has 0 aromatic carbocycles. The number of aldehydes is 1. The van der Waals surface area contributed by atoms with Crippen LogP contribution in [-0.2, 0) is 5.75 Å². The van der Waals surface area contributed by atoms with Gasteiger partial charge in [0.1, 0.15) is 11.5 Å². The van der Waals surface area contributed by atoms with Crippen molar-refractivity contribution in [3.05, 3.63) is 23.8 Å². The van der Waals surface area contributed by atoms with Gasteiger partial charge in [0, 0.05) is 10.9 Å². The molecule has 0 aliphatic carbocycles. The Morgan fingerprint density at radius 1 is 1.50 bits per heavy atom. The lowest BCUT2D eigenvalue weighted by Gasteiger charge is -2.16. The summed E-state index contributed by atoms with van der Waals surface area (Å²) in [7, 11) is 0.